The molecule has 2 rings (SSSR count). The molecular weight excluding hydrogens is 395 g/mol. The number of nitrogens with one attached hydrogen (secondary N) is 1. The van der Waals surface area contributed by atoms with Crippen molar-refractivity contribution in [3.05, 3.63) is 0 Å². The van der Waals surface area contributed by atoms with Gasteiger partial charge < -0.3 is 14.8 Å². The van der Waals surface area contributed by atoms with E-state index in [1.165, 1.54) is 0 Å². The number of rotatable bonds is 4. The Balaban J connectivity index is 0.00000364. The summed E-state index contributed by atoms with van der Waals surface area (Å²) in [5.41, 5.74) is 1.77. The van der Waals surface area contributed by atoms with Gasteiger partial charge in [-0.15, -0.1) is 4.28 Å². The van der Waals surface area contributed by atoms with Gasteiger partial charge in [0.15, 0.2) is 6.09 Å². The van der Waals surface area contributed by atoms with Crippen LogP contribution in [0.2, 0.25) is 0 Å². The number of hydrazine groups is 1. The Morgan fingerprint density at radius 2 is 1.96 bits per heavy atom. The molecule has 2 unspecified atom stereocenters. The fraction of sp³-hybridized carbons (Fsp3) is 0.769. The van der Waals surface area contributed by atoms with Crippen molar-refractivity contribution in [1.29, 1.82) is 0 Å². The minimum absolute atomic E-state index is 0. The molecule has 0 aromatic carbocycles. The third kappa shape index (κ3) is 6.19. The number of fused-ring (bicyclic) bond motifs is 2. The number of hydroxylamine groups is 2. The zero-order chi connectivity index (χ0) is 19.9. The van der Waals surface area contributed by atoms with Gasteiger partial charge in [-0.3, -0.25) is 19.8 Å². The Bertz CT molecular complexity index is 710. The van der Waals surface area contributed by atoms with E-state index in [1.54, 1.807) is 20.8 Å². The van der Waals surface area contributed by atoms with Crippen molar-refractivity contribution in [2.24, 2.45) is 5.41 Å². The van der Waals surface area contributed by atoms with E-state index in [0.717, 1.165) is 4.90 Å². The minimum Gasteiger partial charge on any atom is -0.529 e. The average molecular weight is 416 g/mol. The number of carboxylic acid groups (broad SMARTS) is 1. The van der Waals surface area contributed by atoms with Crippen molar-refractivity contribution in [3.8, 4) is 0 Å². The second-order valence-electron chi connectivity index (χ2n) is 7.40. The normalized spacial score (nSPS) is 22.3. The van der Waals surface area contributed by atoms with E-state index < -0.39 is 45.9 Å². The van der Waals surface area contributed by atoms with Crippen LogP contribution in [0.25, 0.3) is 0 Å². The van der Waals surface area contributed by atoms with Crippen LogP contribution in [-0.2, 0) is 19.5 Å². The molecule has 0 aromatic heterocycles. The van der Waals surface area contributed by atoms with Crippen molar-refractivity contribution in [3.63, 3.8) is 0 Å². The molecule has 27 heavy (non-hydrogen) atoms. The molecule has 0 radical (unpaired) electrons. The van der Waals surface area contributed by atoms with Crippen molar-refractivity contribution < 1.29 is 66.3 Å². The van der Waals surface area contributed by atoms with Crippen LogP contribution in [0.4, 0.5) is 9.59 Å². The number of carbonyl (C=O) groups is 3. The Hall–Kier alpha value is -1.12. The summed E-state index contributed by atoms with van der Waals surface area (Å²) in [5.74, 6) is -0.737. The van der Waals surface area contributed by atoms with Crippen LogP contribution in [0, 0.1) is 5.41 Å². The molecule has 0 saturated carbocycles. The number of nitrogens with zero attached hydrogens (tertiary/aromatic N) is 3. The molecule has 2 N–H and O–H groups in total. The van der Waals surface area contributed by atoms with Gasteiger partial charge in [0.25, 0.3) is 5.91 Å². The van der Waals surface area contributed by atoms with Gasteiger partial charge in [0.05, 0.1) is 6.04 Å². The summed E-state index contributed by atoms with van der Waals surface area (Å²) < 4.78 is 34.7. The average Bonchev–Trinajstić information content (AvgIpc) is 2.69. The molecule has 0 spiro atoms. The maximum Gasteiger partial charge on any atom is 1.00 e. The SMILES string of the molecule is CC(C)(C)CN(NC(=O)C1CCC2CN1C(=O)N2OS(=O)(=O)O)C(=O)[O-].[Na+]. The van der Waals surface area contributed by atoms with E-state index in [1.807, 2.05) is 0 Å². The zero-order valence-corrected chi connectivity index (χ0v) is 18.4. The zero-order valence-electron chi connectivity index (χ0n) is 15.5. The summed E-state index contributed by atoms with van der Waals surface area (Å²) in [6, 6.07) is -2.54. The molecule has 2 aliphatic rings. The third-order valence-electron chi connectivity index (χ3n) is 3.90. The van der Waals surface area contributed by atoms with Crippen LogP contribution in [0.5, 0.6) is 0 Å². The summed E-state index contributed by atoms with van der Waals surface area (Å²) >= 11 is 0. The molecule has 0 aromatic rings. The third-order valence-corrected chi connectivity index (χ3v) is 4.25. The van der Waals surface area contributed by atoms with Crippen LogP contribution in [0.1, 0.15) is 33.6 Å². The van der Waals surface area contributed by atoms with Gasteiger partial charge in [-0.25, -0.2) is 4.79 Å². The molecule has 2 fully saturated rings. The van der Waals surface area contributed by atoms with Gasteiger partial charge in [0.2, 0.25) is 0 Å². The molecule has 0 aliphatic carbocycles. The fourth-order valence-corrected chi connectivity index (χ4v) is 3.32. The number of piperidine rings is 1. The van der Waals surface area contributed by atoms with Crippen molar-refractivity contribution >= 4 is 28.4 Å². The van der Waals surface area contributed by atoms with E-state index in [2.05, 4.69) is 9.71 Å². The first-order valence-corrected chi connectivity index (χ1v) is 9.21. The summed E-state index contributed by atoms with van der Waals surface area (Å²) in [6.45, 7) is 5.30. The smallest absolute Gasteiger partial charge is 0.529 e. The molecule has 4 amide bonds. The first-order valence-electron chi connectivity index (χ1n) is 7.84. The molecular formula is C13H21N4NaO8S. The predicted molar refractivity (Wildman–Crippen MR) is 83.1 cm³/mol. The van der Waals surface area contributed by atoms with E-state index in [-0.39, 0.29) is 55.5 Å². The van der Waals surface area contributed by atoms with Gasteiger partial charge in [-0.05, 0) is 18.3 Å². The maximum atomic E-state index is 12.5. The molecule has 2 aliphatic heterocycles. The summed E-state index contributed by atoms with van der Waals surface area (Å²) in [5, 5.41) is 12.4. The Labute approximate surface area is 179 Å². The van der Waals surface area contributed by atoms with Crippen LogP contribution < -0.4 is 40.1 Å². The quantitative estimate of drug-likeness (QED) is 0.265. The number of hydrogen-bond donors (Lipinski definition) is 2. The molecule has 2 heterocycles. The predicted octanol–water partition coefficient (Wildman–Crippen LogP) is -4.28. The second-order valence-corrected chi connectivity index (χ2v) is 8.40. The molecule has 148 valence electrons. The van der Waals surface area contributed by atoms with Gasteiger partial charge in [-0.1, -0.05) is 20.8 Å². The van der Waals surface area contributed by atoms with E-state index in [0.29, 0.717) is 10.1 Å². The number of amides is 4. The van der Waals surface area contributed by atoms with E-state index >= 15 is 0 Å². The van der Waals surface area contributed by atoms with E-state index in [4.69, 9.17) is 4.55 Å². The van der Waals surface area contributed by atoms with Crippen molar-refractivity contribution in [2.75, 3.05) is 13.1 Å². The summed E-state index contributed by atoms with van der Waals surface area (Å²) in [7, 11) is -4.88. The van der Waals surface area contributed by atoms with Gasteiger partial charge in [0, 0.05) is 13.1 Å². The maximum absolute atomic E-state index is 12.5. The van der Waals surface area contributed by atoms with Crippen LogP contribution in [0.15, 0.2) is 0 Å². The first-order chi connectivity index (χ1) is 11.8. The van der Waals surface area contributed by atoms with Crippen molar-refractivity contribution in [1.82, 2.24) is 20.4 Å². The Morgan fingerprint density at radius 3 is 2.44 bits per heavy atom. The summed E-state index contributed by atoms with van der Waals surface area (Å²) in [4.78, 5) is 37.0. The van der Waals surface area contributed by atoms with Gasteiger partial charge >= 0.3 is 46.0 Å². The summed E-state index contributed by atoms with van der Waals surface area (Å²) in [6.07, 6.45) is -1.18. The van der Waals surface area contributed by atoms with Gasteiger partial charge in [-0.2, -0.15) is 13.5 Å². The standard InChI is InChI=1S/C13H22N4O8S.Na/c1-13(2,3)7-16(12(20)21)14-10(18)9-5-4-8-6-15(9)11(19)17(8)25-26(22,23)24;/h8-9H,4-7H2,1-3H3,(H,14,18)(H,20,21)(H,22,23,24);/q;+1/p-1. The fourth-order valence-electron chi connectivity index (χ4n) is 2.94. The molecule has 2 bridgehead atoms. The minimum atomic E-state index is -4.88. The number of urea groups is 1. The Kier molecular flexibility index (Phi) is 7.52. The molecule has 14 heteroatoms. The van der Waals surface area contributed by atoms with Crippen LogP contribution in [-0.4, -0.2) is 71.1 Å². The Morgan fingerprint density at radius 1 is 1.37 bits per heavy atom. The largest absolute Gasteiger partial charge is 1.00 e. The van der Waals surface area contributed by atoms with E-state index in [9.17, 15) is 27.9 Å². The first kappa shape index (κ1) is 23.9. The molecule has 2 saturated heterocycles. The van der Waals surface area contributed by atoms with Gasteiger partial charge in [0.1, 0.15) is 6.04 Å². The monoisotopic (exact) mass is 416 g/mol. The van der Waals surface area contributed by atoms with Crippen LogP contribution >= 0.6 is 0 Å². The molecule has 12 nitrogen and oxygen atoms in total. The van der Waals surface area contributed by atoms with Crippen molar-refractivity contribution in [2.45, 2.75) is 45.7 Å². The van der Waals surface area contributed by atoms with Crippen LogP contribution in [0.3, 0.4) is 0 Å². The second kappa shape index (κ2) is 8.49. The number of carbonyl (C=O) groups excluding carboxylic acids is 3. The number of hydrogen-bond acceptors (Lipinski definition) is 7. The topological polar surface area (TPSA) is 160 Å². The molecule has 2 atom stereocenters.